The monoisotopic (exact) mass is 270 g/mol. The van der Waals surface area contributed by atoms with Crippen molar-refractivity contribution in [3.05, 3.63) is 48.3 Å². The van der Waals surface area contributed by atoms with Crippen LogP contribution in [0.4, 0.5) is 0 Å². The van der Waals surface area contributed by atoms with Gasteiger partial charge in [-0.25, -0.2) is 4.68 Å². The van der Waals surface area contributed by atoms with Crippen molar-refractivity contribution in [1.82, 2.24) is 9.78 Å². The van der Waals surface area contributed by atoms with Gasteiger partial charge in [0.2, 0.25) is 0 Å². The molecular weight excluding hydrogens is 248 g/mol. The molecule has 0 amide bonds. The number of carbonyl (C=O) groups excluding carboxylic acids is 1. The van der Waals surface area contributed by atoms with Crippen molar-refractivity contribution in [2.75, 3.05) is 0 Å². The van der Waals surface area contributed by atoms with Gasteiger partial charge >= 0.3 is 0 Å². The third kappa shape index (κ3) is 3.35. The molecule has 1 unspecified atom stereocenters. The maximum Gasteiger partial charge on any atom is 0.166 e. The summed E-state index contributed by atoms with van der Waals surface area (Å²) in [6.07, 6.45) is 4.03. The number of hydrogen-bond acceptors (Lipinski definition) is 2. The van der Waals surface area contributed by atoms with Crippen LogP contribution >= 0.6 is 0 Å². The highest BCUT2D eigenvalue weighted by molar-refractivity contribution is 5.95. The molecule has 2 aromatic rings. The Hall–Kier alpha value is -1.90. The molecule has 1 aromatic heterocycles. The minimum Gasteiger partial charge on any atom is -0.294 e. The molecule has 0 fully saturated rings. The minimum absolute atomic E-state index is 0.144. The summed E-state index contributed by atoms with van der Waals surface area (Å²) in [4.78, 5) is 12.3. The van der Waals surface area contributed by atoms with Crippen LogP contribution in [0, 0.1) is 11.3 Å². The van der Waals surface area contributed by atoms with Crippen molar-refractivity contribution in [2.24, 2.45) is 11.3 Å². The molecule has 20 heavy (non-hydrogen) atoms. The second-order valence-corrected chi connectivity index (χ2v) is 6.40. The quantitative estimate of drug-likeness (QED) is 0.783. The van der Waals surface area contributed by atoms with Crippen LogP contribution in [0.25, 0.3) is 5.69 Å². The Labute approximate surface area is 120 Å². The first-order valence-electron chi connectivity index (χ1n) is 7.01. The summed E-state index contributed by atoms with van der Waals surface area (Å²) in [6.45, 7) is 8.62. The minimum atomic E-state index is 0.144. The Balaban J connectivity index is 2.11. The summed E-state index contributed by atoms with van der Waals surface area (Å²) < 4.78 is 1.75. The summed E-state index contributed by atoms with van der Waals surface area (Å²) >= 11 is 0. The summed E-state index contributed by atoms with van der Waals surface area (Å²) in [5.41, 5.74) is 1.80. The van der Waals surface area contributed by atoms with E-state index in [2.05, 4.69) is 32.8 Å². The lowest BCUT2D eigenvalue weighted by atomic mass is 9.79. The van der Waals surface area contributed by atoms with Gasteiger partial charge in [-0.1, -0.05) is 45.9 Å². The van der Waals surface area contributed by atoms with Gasteiger partial charge in [0.25, 0.3) is 0 Å². The SMILES string of the molecule is CC(CC(=O)c1cnn(-c2ccccc2)c1)C(C)(C)C. The normalized spacial score (nSPS) is 13.2. The zero-order chi connectivity index (χ0) is 14.8. The molecule has 2 rings (SSSR count). The largest absolute Gasteiger partial charge is 0.294 e. The number of ketones is 1. The predicted octanol–water partition coefficient (Wildman–Crippen LogP) is 4.13. The number of aromatic nitrogens is 2. The van der Waals surface area contributed by atoms with Crippen molar-refractivity contribution in [3.8, 4) is 5.69 Å². The van der Waals surface area contributed by atoms with Gasteiger partial charge in [0.15, 0.2) is 5.78 Å². The predicted molar refractivity (Wildman–Crippen MR) is 81.1 cm³/mol. The summed E-state index contributed by atoms with van der Waals surface area (Å²) in [5, 5.41) is 4.27. The van der Waals surface area contributed by atoms with E-state index in [-0.39, 0.29) is 11.2 Å². The van der Waals surface area contributed by atoms with Crippen molar-refractivity contribution in [1.29, 1.82) is 0 Å². The Kier molecular flexibility index (Phi) is 4.07. The summed E-state index contributed by atoms with van der Waals surface area (Å²) in [7, 11) is 0. The highest BCUT2D eigenvalue weighted by Crippen LogP contribution is 2.29. The molecule has 0 aliphatic heterocycles. The molecule has 0 saturated carbocycles. The van der Waals surface area contributed by atoms with Gasteiger partial charge in [0, 0.05) is 12.6 Å². The van der Waals surface area contributed by atoms with Crippen molar-refractivity contribution in [2.45, 2.75) is 34.1 Å². The second-order valence-electron chi connectivity index (χ2n) is 6.40. The topological polar surface area (TPSA) is 34.9 Å². The van der Waals surface area contributed by atoms with E-state index >= 15 is 0 Å². The number of Topliss-reactive ketones (excluding diaryl/α,β-unsaturated/α-hetero) is 1. The van der Waals surface area contributed by atoms with Crippen molar-refractivity contribution >= 4 is 5.78 Å². The molecule has 0 N–H and O–H groups in total. The van der Waals surface area contributed by atoms with E-state index in [0.717, 1.165) is 5.69 Å². The maximum absolute atomic E-state index is 12.3. The zero-order valence-electron chi connectivity index (χ0n) is 12.6. The van der Waals surface area contributed by atoms with E-state index in [1.807, 2.05) is 36.5 Å². The highest BCUT2D eigenvalue weighted by atomic mass is 16.1. The number of rotatable bonds is 4. The van der Waals surface area contributed by atoms with E-state index in [4.69, 9.17) is 0 Å². The molecule has 1 heterocycles. The van der Waals surface area contributed by atoms with Crippen molar-refractivity contribution in [3.63, 3.8) is 0 Å². The second kappa shape index (κ2) is 5.61. The zero-order valence-corrected chi connectivity index (χ0v) is 12.6. The van der Waals surface area contributed by atoms with Gasteiger partial charge in [-0.3, -0.25) is 4.79 Å². The molecule has 0 aliphatic carbocycles. The van der Waals surface area contributed by atoms with Crippen LogP contribution in [0.15, 0.2) is 42.7 Å². The van der Waals surface area contributed by atoms with Gasteiger partial charge in [-0.15, -0.1) is 0 Å². The molecule has 0 spiro atoms. The highest BCUT2D eigenvalue weighted by Gasteiger charge is 2.23. The molecule has 1 atom stereocenters. The average Bonchev–Trinajstić information content (AvgIpc) is 2.88. The van der Waals surface area contributed by atoms with Gasteiger partial charge in [0.1, 0.15) is 0 Å². The van der Waals surface area contributed by atoms with Gasteiger partial charge in [-0.05, 0) is 23.5 Å². The smallest absolute Gasteiger partial charge is 0.166 e. The lowest BCUT2D eigenvalue weighted by Crippen LogP contribution is -2.20. The lowest BCUT2D eigenvalue weighted by molar-refractivity contribution is 0.0927. The lowest BCUT2D eigenvalue weighted by Gasteiger charge is -2.26. The van der Waals surface area contributed by atoms with Crippen LogP contribution in [0.1, 0.15) is 44.5 Å². The number of para-hydroxylation sites is 1. The Bertz CT molecular complexity index is 579. The average molecular weight is 270 g/mol. The van der Waals surface area contributed by atoms with Crippen LogP contribution < -0.4 is 0 Å². The molecule has 106 valence electrons. The fourth-order valence-corrected chi connectivity index (χ4v) is 1.89. The molecule has 0 bridgehead atoms. The van der Waals surface area contributed by atoms with Crippen molar-refractivity contribution < 1.29 is 4.79 Å². The fourth-order valence-electron chi connectivity index (χ4n) is 1.89. The van der Waals surface area contributed by atoms with Crippen LogP contribution in [0.5, 0.6) is 0 Å². The number of carbonyl (C=O) groups is 1. The molecule has 0 radical (unpaired) electrons. The number of hydrogen-bond donors (Lipinski definition) is 0. The van der Waals surface area contributed by atoms with Crippen LogP contribution in [-0.2, 0) is 0 Å². The first kappa shape index (κ1) is 14.5. The number of nitrogens with zero attached hydrogens (tertiary/aromatic N) is 2. The first-order chi connectivity index (χ1) is 9.38. The molecule has 0 saturated heterocycles. The van der Waals surface area contributed by atoms with Crippen LogP contribution in [0.3, 0.4) is 0 Å². The van der Waals surface area contributed by atoms with E-state index in [1.54, 1.807) is 10.9 Å². The van der Waals surface area contributed by atoms with Crippen LogP contribution in [-0.4, -0.2) is 15.6 Å². The molecule has 3 heteroatoms. The molecular formula is C17H22N2O. The third-order valence-electron chi connectivity index (χ3n) is 3.90. The van der Waals surface area contributed by atoms with Gasteiger partial charge in [0.05, 0.1) is 17.4 Å². The number of benzene rings is 1. The fraction of sp³-hybridized carbons (Fsp3) is 0.412. The van der Waals surface area contributed by atoms with Gasteiger partial charge < -0.3 is 0 Å². The van der Waals surface area contributed by atoms with E-state index < -0.39 is 0 Å². The molecule has 1 aromatic carbocycles. The van der Waals surface area contributed by atoms with Crippen LogP contribution in [0.2, 0.25) is 0 Å². The molecule has 0 aliphatic rings. The van der Waals surface area contributed by atoms with E-state index in [0.29, 0.717) is 17.9 Å². The van der Waals surface area contributed by atoms with E-state index in [1.165, 1.54) is 0 Å². The summed E-state index contributed by atoms with van der Waals surface area (Å²) in [6, 6.07) is 9.82. The Morgan fingerprint density at radius 2 is 1.90 bits per heavy atom. The maximum atomic E-state index is 12.3. The van der Waals surface area contributed by atoms with Gasteiger partial charge in [-0.2, -0.15) is 5.10 Å². The first-order valence-corrected chi connectivity index (χ1v) is 7.01. The molecule has 3 nitrogen and oxygen atoms in total. The Morgan fingerprint density at radius 3 is 2.50 bits per heavy atom. The third-order valence-corrected chi connectivity index (χ3v) is 3.90. The van der Waals surface area contributed by atoms with E-state index in [9.17, 15) is 4.79 Å². The Morgan fingerprint density at radius 1 is 1.25 bits per heavy atom. The standard InChI is InChI=1S/C17H22N2O/c1-13(17(2,3)4)10-16(20)14-11-18-19(12-14)15-8-6-5-7-9-15/h5-9,11-13H,10H2,1-4H3. The summed E-state index contributed by atoms with van der Waals surface area (Å²) in [5.74, 6) is 0.504.